The van der Waals surface area contributed by atoms with Crippen molar-refractivity contribution in [1.82, 2.24) is 19.7 Å². The quantitative estimate of drug-likeness (QED) is 0.561. The summed E-state index contributed by atoms with van der Waals surface area (Å²) in [6, 6.07) is 5.22. The van der Waals surface area contributed by atoms with E-state index in [4.69, 9.17) is 19.2 Å². The third kappa shape index (κ3) is 4.21. The average molecular weight is 473 g/mol. The number of hydrogen-bond acceptors (Lipinski definition) is 7. The molecule has 1 saturated carbocycles. The number of aromatic nitrogens is 4. The Bertz CT molecular complexity index is 1210. The van der Waals surface area contributed by atoms with Crippen LogP contribution in [0.2, 0.25) is 0 Å². The van der Waals surface area contributed by atoms with Crippen molar-refractivity contribution in [3.63, 3.8) is 0 Å². The van der Waals surface area contributed by atoms with Gasteiger partial charge in [0, 0.05) is 62.8 Å². The molecule has 3 aromatic heterocycles. The molecule has 0 aromatic carbocycles. The van der Waals surface area contributed by atoms with Crippen LogP contribution in [0.25, 0.3) is 16.7 Å². The van der Waals surface area contributed by atoms with E-state index in [0.717, 1.165) is 5.39 Å². The number of ether oxygens (including phenoxy) is 3. The molecule has 2 fully saturated rings. The lowest BCUT2D eigenvalue weighted by Gasteiger charge is -2.35. The van der Waals surface area contributed by atoms with Gasteiger partial charge in [-0.2, -0.15) is 5.10 Å². The molecule has 34 heavy (non-hydrogen) atoms. The summed E-state index contributed by atoms with van der Waals surface area (Å²) in [5, 5.41) is 7.89. The van der Waals surface area contributed by atoms with Crippen molar-refractivity contribution < 1.29 is 27.8 Å². The Hall–Kier alpha value is -3.18. The van der Waals surface area contributed by atoms with Gasteiger partial charge in [0.2, 0.25) is 12.3 Å². The Morgan fingerprint density at radius 1 is 1.29 bits per heavy atom. The fraction of sp³-hybridized carbons (Fsp3) is 0.478. The Morgan fingerprint density at radius 3 is 2.79 bits per heavy atom. The topological polar surface area (TPSA) is 100 Å². The number of fused-ring (bicyclic) bond motifs is 1. The van der Waals surface area contributed by atoms with Gasteiger partial charge < -0.3 is 19.5 Å². The van der Waals surface area contributed by atoms with Crippen LogP contribution in [0.15, 0.2) is 30.6 Å². The van der Waals surface area contributed by atoms with Crippen molar-refractivity contribution in [2.45, 2.75) is 44.3 Å². The van der Waals surface area contributed by atoms with E-state index in [9.17, 15) is 13.6 Å². The lowest BCUT2D eigenvalue weighted by molar-refractivity contribution is -0.114. The molecule has 3 aromatic rings. The number of carbonyl (C=O) groups excluding carboxylic acids is 1. The van der Waals surface area contributed by atoms with E-state index in [0.29, 0.717) is 61.1 Å². The van der Waals surface area contributed by atoms with Gasteiger partial charge in [0.05, 0.1) is 30.1 Å². The zero-order valence-corrected chi connectivity index (χ0v) is 18.8. The van der Waals surface area contributed by atoms with Crippen LogP contribution in [-0.2, 0) is 19.9 Å². The predicted octanol–water partition coefficient (Wildman–Crippen LogP) is 3.46. The van der Waals surface area contributed by atoms with Crippen LogP contribution in [0, 0.1) is 5.92 Å². The minimum absolute atomic E-state index is 0.236. The summed E-state index contributed by atoms with van der Waals surface area (Å²) in [5.74, 6) is 0.490. The van der Waals surface area contributed by atoms with Gasteiger partial charge in [-0.05, 0) is 12.8 Å². The molecular weight excluding hydrogens is 448 g/mol. The molecule has 0 bridgehead atoms. The van der Waals surface area contributed by atoms with Gasteiger partial charge in [-0.15, -0.1) is 0 Å². The number of hydrogen-bond donors (Lipinski definition) is 1. The molecule has 4 heterocycles. The number of halogens is 2. The van der Waals surface area contributed by atoms with E-state index in [1.165, 1.54) is 6.92 Å². The average Bonchev–Trinajstić information content (AvgIpc) is 3.43. The molecule has 5 rings (SSSR count). The Balaban J connectivity index is 1.55. The largest absolute Gasteiger partial charge is 0.490 e. The van der Waals surface area contributed by atoms with E-state index in [1.807, 2.05) is 0 Å². The van der Waals surface area contributed by atoms with Crippen LogP contribution >= 0.6 is 0 Å². The van der Waals surface area contributed by atoms with Gasteiger partial charge in [0.1, 0.15) is 17.2 Å². The van der Waals surface area contributed by atoms with Gasteiger partial charge in [0.15, 0.2) is 5.82 Å². The highest BCUT2D eigenvalue weighted by molar-refractivity contribution is 5.90. The molecule has 0 radical (unpaired) electrons. The van der Waals surface area contributed by atoms with Gasteiger partial charge in [-0.3, -0.25) is 4.79 Å². The lowest BCUT2D eigenvalue weighted by atomic mass is 9.82. The third-order valence-corrected chi connectivity index (χ3v) is 6.39. The number of rotatable bonds is 7. The van der Waals surface area contributed by atoms with E-state index in [-0.39, 0.29) is 12.0 Å². The number of nitrogens with zero attached hydrogens (tertiary/aromatic N) is 4. The first-order valence-electron chi connectivity index (χ1n) is 11.1. The third-order valence-electron chi connectivity index (χ3n) is 6.39. The van der Waals surface area contributed by atoms with Crippen LogP contribution in [0.1, 0.15) is 31.9 Å². The van der Waals surface area contributed by atoms with Crippen molar-refractivity contribution in [1.29, 1.82) is 0 Å². The van der Waals surface area contributed by atoms with Gasteiger partial charge in [0.25, 0.3) is 0 Å². The summed E-state index contributed by atoms with van der Waals surface area (Å²) in [7, 11) is 1.61. The predicted molar refractivity (Wildman–Crippen MR) is 118 cm³/mol. The number of methoxy groups -OCH3 is 1. The van der Waals surface area contributed by atoms with Crippen molar-refractivity contribution in [3.05, 3.63) is 36.3 Å². The van der Waals surface area contributed by atoms with Crippen LogP contribution in [-0.4, -0.2) is 58.5 Å². The zero-order chi connectivity index (χ0) is 23.9. The lowest BCUT2D eigenvalue weighted by Crippen LogP contribution is -2.37. The molecule has 9 nitrogen and oxygen atoms in total. The standard InChI is InChI=1S/C23H25F2N5O4/c1-13(31)28-20-9-18-15(10-26-20)11-27-30(18)21-8-17(34-16-5-14(6-16)22(24)25)7-19(29-21)23(32-2)3-4-33-12-23/h7-11,14,16,22H,3-6,12H2,1-2H3,(H,26,28,31)/t14?,16?,23-/m1/s1. The van der Waals surface area contributed by atoms with E-state index >= 15 is 0 Å². The molecule has 0 spiro atoms. The van der Waals surface area contributed by atoms with Gasteiger partial charge in [-0.25, -0.2) is 23.4 Å². The summed E-state index contributed by atoms with van der Waals surface area (Å²) in [6.07, 6.45) is 1.87. The number of pyridine rings is 2. The molecule has 1 aliphatic heterocycles. The maximum atomic E-state index is 12.9. The van der Waals surface area contributed by atoms with Crippen LogP contribution < -0.4 is 10.1 Å². The number of amides is 1. The molecule has 2 aliphatic rings. The summed E-state index contributed by atoms with van der Waals surface area (Å²) in [5.41, 5.74) is 0.555. The smallest absolute Gasteiger partial charge is 0.241 e. The summed E-state index contributed by atoms with van der Waals surface area (Å²) >= 11 is 0. The van der Waals surface area contributed by atoms with Gasteiger partial charge in [-0.1, -0.05) is 0 Å². The molecule has 1 aliphatic carbocycles. The number of nitrogens with one attached hydrogen (secondary N) is 1. The normalized spacial score (nSPS) is 24.4. The first-order valence-corrected chi connectivity index (χ1v) is 11.1. The highest BCUT2D eigenvalue weighted by Crippen LogP contribution is 2.39. The Morgan fingerprint density at radius 2 is 2.12 bits per heavy atom. The van der Waals surface area contributed by atoms with E-state index in [1.54, 1.807) is 42.4 Å². The minimum Gasteiger partial charge on any atom is -0.490 e. The molecular formula is C23H25F2N5O4. The second-order valence-electron chi connectivity index (χ2n) is 8.72. The van der Waals surface area contributed by atoms with Crippen molar-refractivity contribution in [3.8, 4) is 11.6 Å². The van der Waals surface area contributed by atoms with Crippen LogP contribution in [0.5, 0.6) is 5.75 Å². The fourth-order valence-corrected chi connectivity index (χ4v) is 4.37. The number of anilines is 1. The molecule has 0 unspecified atom stereocenters. The van der Waals surface area contributed by atoms with E-state index in [2.05, 4.69) is 15.4 Å². The first-order chi connectivity index (χ1) is 16.4. The minimum atomic E-state index is -2.34. The maximum absolute atomic E-state index is 12.9. The second-order valence-corrected chi connectivity index (χ2v) is 8.72. The summed E-state index contributed by atoms with van der Waals surface area (Å²) in [4.78, 5) is 20.5. The molecule has 180 valence electrons. The molecule has 1 N–H and O–H groups in total. The monoisotopic (exact) mass is 473 g/mol. The second kappa shape index (κ2) is 8.88. The van der Waals surface area contributed by atoms with Crippen LogP contribution in [0.3, 0.4) is 0 Å². The molecule has 1 amide bonds. The van der Waals surface area contributed by atoms with Crippen molar-refractivity contribution >= 4 is 22.6 Å². The van der Waals surface area contributed by atoms with E-state index < -0.39 is 17.9 Å². The Labute approximate surface area is 194 Å². The Kier molecular flexibility index (Phi) is 5.90. The molecule has 1 atom stereocenters. The highest BCUT2D eigenvalue weighted by atomic mass is 19.3. The zero-order valence-electron chi connectivity index (χ0n) is 18.8. The fourth-order valence-electron chi connectivity index (χ4n) is 4.37. The van der Waals surface area contributed by atoms with Crippen LogP contribution in [0.4, 0.5) is 14.6 Å². The molecule has 1 saturated heterocycles. The summed E-state index contributed by atoms with van der Waals surface area (Å²) in [6.45, 7) is 2.28. The van der Waals surface area contributed by atoms with Gasteiger partial charge >= 0.3 is 0 Å². The molecule has 11 heteroatoms. The highest BCUT2D eigenvalue weighted by Gasteiger charge is 2.40. The first kappa shape index (κ1) is 22.6. The SMILES string of the molecule is CO[C@]1(c2cc(OC3CC(C(F)F)C3)cc(-n3ncc4cnc(NC(C)=O)cc43)n2)CCOC1. The van der Waals surface area contributed by atoms with Crippen molar-refractivity contribution in [2.24, 2.45) is 5.92 Å². The summed E-state index contributed by atoms with van der Waals surface area (Å²) < 4.78 is 45.0. The van der Waals surface area contributed by atoms with Crippen molar-refractivity contribution in [2.75, 3.05) is 25.6 Å². The number of carbonyl (C=O) groups is 1. The maximum Gasteiger partial charge on any atom is 0.241 e. The number of alkyl halides is 2.